The minimum absolute atomic E-state index is 1.42. The number of hydrogen-bond donors (Lipinski definition) is 0. The summed E-state index contributed by atoms with van der Waals surface area (Å²) in [5, 5.41) is 0. The van der Waals surface area contributed by atoms with Crippen molar-refractivity contribution in [2.75, 3.05) is 0 Å². The van der Waals surface area contributed by atoms with Crippen LogP contribution in [0, 0.1) is 0 Å². The molecule has 0 spiro atoms. The van der Waals surface area contributed by atoms with E-state index < -0.39 is 60.4 Å². The molecule has 0 amide bonds. The van der Waals surface area contributed by atoms with Gasteiger partial charge in [0, 0.05) is 2.47 Å². The van der Waals surface area contributed by atoms with Crippen molar-refractivity contribution in [3.63, 3.8) is 0 Å². The molecule has 0 heterocycles. The first-order valence-electron chi connectivity index (χ1n) is 11.6. The molecule has 0 rings (SSSR count). The van der Waals surface area contributed by atoms with Crippen LogP contribution in [0.1, 0.15) is 0 Å². The van der Waals surface area contributed by atoms with Crippen LogP contribution in [0.5, 0.6) is 0 Å². The number of hydrogen-bond acceptors (Lipinski definition) is 4. The minimum atomic E-state index is -2.60. The summed E-state index contributed by atoms with van der Waals surface area (Å²) in [5.74, 6) is 0. The van der Waals surface area contributed by atoms with Gasteiger partial charge in [-0.1, -0.05) is 0 Å². The Morgan fingerprint density at radius 3 is 0.679 bits per heavy atom. The fourth-order valence-electron chi connectivity index (χ4n) is 2.11. The molecule has 0 aliphatic carbocycles. The Labute approximate surface area is 191 Å². The number of rotatable bonds is 8. The first-order chi connectivity index (χ1) is 12.8. The lowest BCUT2D eigenvalue weighted by molar-refractivity contribution is 0.428. The first-order valence-corrected chi connectivity index (χ1v) is 30.4. The summed E-state index contributed by atoms with van der Waals surface area (Å²) in [5.41, 5.74) is 0. The van der Waals surface area contributed by atoms with Crippen molar-refractivity contribution in [2.45, 2.75) is 111 Å². The van der Waals surface area contributed by atoms with Gasteiger partial charge in [-0.2, -0.15) is 0 Å². The smallest absolute Gasteiger partial charge is 0.297 e. The maximum Gasteiger partial charge on any atom is 0.297 e. The third-order valence-electron chi connectivity index (χ3n) is 1.92. The second kappa shape index (κ2) is 14.4. The Balaban J connectivity index is -0.000000390. The van der Waals surface area contributed by atoms with Crippen molar-refractivity contribution in [2.24, 2.45) is 0 Å². The van der Waals surface area contributed by atoms with Crippen molar-refractivity contribution in [3.05, 3.63) is 0 Å². The average molecular weight is 522 g/mol. The molecule has 0 saturated carbocycles. The van der Waals surface area contributed by atoms with Crippen molar-refractivity contribution in [1.29, 1.82) is 3.70 Å². The molecule has 174 valence electrons. The van der Waals surface area contributed by atoms with Gasteiger partial charge >= 0.3 is 0 Å². The van der Waals surface area contributed by atoms with E-state index in [0.717, 1.165) is 0 Å². The zero-order valence-corrected chi connectivity index (χ0v) is 29.1. The third-order valence-corrected chi connectivity index (χ3v) is 17.3. The molecule has 0 radical (unpaired) electrons. The van der Waals surface area contributed by atoms with Gasteiger partial charge in [0.25, 0.3) is 9.22 Å². The molecule has 4 nitrogen and oxygen atoms in total. The summed E-state index contributed by atoms with van der Waals surface area (Å²) >= 11 is 0. The van der Waals surface area contributed by atoms with E-state index in [0.29, 0.717) is 0 Å². The highest BCUT2D eigenvalue weighted by molar-refractivity contribution is 6.80. The maximum atomic E-state index is 8.00. The fraction of sp³-hybridized carbons (Fsp3) is 1.00. The Morgan fingerprint density at radius 2 is 0.607 bits per heavy atom. The van der Waals surface area contributed by atoms with Crippen LogP contribution in [0.25, 0.3) is 0 Å². The summed E-state index contributed by atoms with van der Waals surface area (Å²) in [6, 6.07) is 0. The van der Waals surface area contributed by atoms with Crippen LogP contribution in [0.2, 0.25) is 111 Å². The van der Waals surface area contributed by atoms with E-state index >= 15 is 0 Å². The first kappa shape index (κ1) is 27.4. The average Bonchev–Trinajstić information content (AvgIpc) is 2.08. The second-order valence-electron chi connectivity index (χ2n) is 11.2. The molecule has 0 saturated heterocycles. The van der Waals surface area contributed by atoms with E-state index in [9.17, 15) is 0 Å². The monoisotopic (exact) mass is 521 g/mol. The second-order valence-corrected chi connectivity index (χ2v) is 35.9. The van der Waals surface area contributed by atoms with E-state index in [4.69, 9.17) is 20.2 Å². The molecule has 0 bridgehead atoms. The summed E-state index contributed by atoms with van der Waals surface area (Å²) in [4.78, 5) is 0. The van der Waals surface area contributed by atoms with Gasteiger partial charge in [-0.15, -0.1) is 0 Å². The summed E-state index contributed by atoms with van der Waals surface area (Å²) < 4.78 is 45.7. The predicted molar refractivity (Wildman–Crippen MR) is 148 cm³/mol. The molecular formula is C17H54O4Si7. The lowest BCUT2D eigenvalue weighted by Gasteiger charge is -2.28. The topological polar surface area (TPSA) is 36.9 Å². The molecular weight excluding hydrogens is 465 g/mol. The molecule has 0 fully saturated rings. The predicted octanol–water partition coefficient (Wildman–Crippen LogP) is 6.18. The Morgan fingerprint density at radius 1 is 0.429 bits per heavy atom. The van der Waals surface area contributed by atoms with Crippen molar-refractivity contribution < 1.29 is 16.5 Å². The molecule has 0 aromatic rings. The Hall–Kier alpha value is 1.36. The zero-order valence-electron chi connectivity index (χ0n) is 25.1. The SMILES string of the molecule is [2H][Si](C)(C)O[Si](C)(C)C.[2H][Si](C)(C)O[Si](C)(C)C.[2H][Si](C)(O[Si](C)(C)C)O[Si](C)(C)C. The zero-order chi connectivity index (χ0) is 26.3. The van der Waals surface area contributed by atoms with Gasteiger partial charge < -0.3 is 16.5 Å². The normalized spacial score (nSPS) is 16.0. The molecule has 11 heteroatoms. The lowest BCUT2D eigenvalue weighted by atomic mass is 11.8. The van der Waals surface area contributed by atoms with Crippen LogP contribution in [0.4, 0.5) is 0 Å². The molecule has 0 aliphatic heterocycles. The van der Waals surface area contributed by atoms with Crippen LogP contribution >= 0.6 is 0 Å². The summed E-state index contributed by atoms with van der Waals surface area (Å²) in [6.45, 7) is 34.8. The van der Waals surface area contributed by atoms with Gasteiger partial charge in [0.05, 0.1) is 1.23 Å². The van der Waals surface area contributed by atoms with Crippen LogP contribution in [-0.4, -0.2) is 64.1 Å². The van der Waals surface area contributed by atoms with Crippen LogP contribution in [-0.2, 0) is 16.5 Å². The van der Waals surface area contributed by atoms with E-state index in [1.54, 1.807) is 0 Å². The standard InChI is InChI=1S/C7H22O2Si3.2C5H16OSi2/c1-10(8-11(2,3)4)9-12(5,6)7;2*1-7(2)6-8(3,4)5/h10H,1-7H3;2*7H,1-5H3/i10D;2*7D. The summed E-state index contributed by atoms with van der Waals surface area (Å²) in [7, 11) is -12.6. The largest absolute Gasteiger partial charge is 0.458 e. The van der Waals surface area contributed by atoms with Crippen molar-refractivity contribution >= 4 is 60.4 Å². The van der Waals surface area contributed by atoms with Gasteiger partial charge in [-0.05, 0) is 111 Å². The van der Waals surface area contributed by atoms with E-state index in [2.05, 4.69) is 78.6 Å². The van der Waals surface area contributed by atoms with Crippen LogP contribution < -0.4 is 0 Å². The Kier molecular flexibility index (Phi) is 14.1. The van der Waals surface area contributed by atoms with Gasteiger partial charge in [-0.25, -0.2) is 0 Å². The maximum absolute atomic E-state index is 8.00. The fourth-order valence-corrected chi connectivity index (χ4v) is 19.3. The van der Waals surface area contributed by atoms with Crippen molar-refractivity contribution in [1.82, 2.24) is 0 Å². The van der Waals surface area contributed by atoms with E-state index in [-0.39, 0.29) is 0 Å². The molecule has 0 N–H and O–H groups in total. The summed E-state index contributed by atoms with van der Waals surface area (Å²) in [6.07, 6.45) is 0. The molecule has 0 unspecified atom stereocenters. The van der Waals surface area contributed by atoms with E-state index in [1.807, 2.05) is 32.7 Å². The molecule has 28 heavy (non-hydrogen) atoms. The van der Waals surface area contributed by atoms with Gasteiger partial charge in [0.1, 0.15) is 0 Å². The third kappa shape index (κ3) is 41.7. The quantitative estimate of drug-likeness (QED) is 0.357. The van der Waals surface area contributed by atoms with Gasteiger partial charge in [0.15, 0.2) is 51.2 Å². The molecule has 0 aliphatic rings. The molecule has 0 aromatic heterocycles. The van der Waals surface area contributed by atoms with Crippen LogP contribution in [0.15, 0.2) is 0 Å². The lowest BCUT2D eigenvalue weighted by Crippen LogP contribution is -2.41. The molecule has 0 atom stereocenters. The van der Waals surface area contributed by atoms with E-state index in [1.165, 1.54) is 0 Å². The highest BCUT2D eigenvalue weighted by atomic mass is 28.4. The minimum Gasteiger partial charge on any atom is -0.458 e. The van der Waals surface area contributed by atoms with Crippen molar-refractivity contribution in [3.8, 4) is 0 Å². The highest BCUT2D eigenvalue weighted by Gasteiger charge is 2.24. The van der Waals surface area contributed by atoms with Crippen LogP contribution in [0.3, 0.4) is 0 Å². The van der Waals surface area contributed by atoms with Gasteiger partial charge in [0.2, 0.25) is 0 Å². The Bertz CT molecular complexity index is 431. The molecule has 0 aromatic carbocycles. The highest BCUT2D eigenvalue weighted by Crippen LogP contribution is 2.11. The van der Waals surface area contributed by atoms with Gasteiger partial charge in [-0.3, -0.25) is 0 Å².